The Morgan fingerprint density at radius 1 is 1.08 bits per heavy atom. The van der Waals surface area contributed by atoms with E-state index in [0.29, 0.717) is 34.1 Å². The second-order valence-electron chi connectivity index (χ2n) is 7.83. The van der Waals surface area contributed by atoms with Crippen LogP contribution in [-0.2, 0) is 28.5 Å². The Morgan fingerprint density at radius 2 is 1.72 bits per heavy atom. The minimum atomic E-state index is -3.72. The maximum absolute atomic E-state index is 9.47. The zero-order chi connectivity index (χ0) is 27.0. The van der Waals surface area contributed by atoms with Crippen LogP contribution in [0.1, 0.15) is 5.56 Å². The van der Waals surface area contributed by atoms with Crippen molar-refractivity contribution in [1.29, 1.82) is 0 Å². The van der Waals surface area contributed by atoms with Gasteiger partial charge in [0, 0.05) is 25.3 Å². The van der Waals surface area contributed by atoms with Gasteiger partial charge in [0.25, 0.3) is 10.1 Å². The summed E-state index contributed by atoms with van der Waals surface area (Å²) >= 11 is 6.32. The van der Waals surface area contributed by atoms with Gasteiger partial charge in [-0.1, -0.05) is 16.7 Å². The lowest BCUT2D eigenvalue weighted by atomic mass is 10.1. The van der Waals surface area contributed by atoms with Crippen LogP contribution < -0.4 is 19.5 Å². The van der Waals surface area contributed by atoms with Gasteiger partial charge in [-0.2, -0.15) is 10.2 Å². The Bertz CT molecular complexity index is 1350. The number of benzene rings is 2. The highest BCUT2D eigenvalue weighted by Crippen LogP contribution is 2.36. The van der Waals surface area contributed by atoms with Crippen molar-refractivity contribution in [3.8, 4) is 5.75 Å². The molecule has 12 nitrogen and oxygen atoms in total. The maximum Gasteiger partial charge on any atom is 0.421 e. The monoisotopic (exact) mass is 537 g/mol. The lowest BCUT2D eigenvalue weighted by molar-refractivity contribution is -0.657. The van der Waals surface area contributed by atoms with Crippen LogP contribution in [-0.4, -0.2) is 40.4 Å². The molecule has 0 atom stereocenters. The third-order valence-corrected chi connectivity index (χ3v) is 5.25. The second-order valence-corrected chi connectivity index (χ2v) is 9.78. The van der Waals surface area contributed by atoms with E-state index in [1.54, 1.807) is 19.2 Å². The van der Waals surface area contributed by atoms with E-state index in [1.165, 1.54) is 0 Å². The van der Waals surface area contributed by atoms with E-state index in [1.807, 2.05) is 79.7 Å². The Morgan fingerprint density at radius 3 is 2.22 bits per heavy atom. The molecule has 0 N–H and O–H groups in total. The van der Waals surface area contributed by atoms with Gasteiger partial charge in [-0.05, 0) is 36.8 Å². The molecular formula is C22H28ClN7O5S. The van der Waals surface area contributed by atoms with Crippen LogP contribution in [0.3, 0.4) is 0 Å². The molecule has 14 heteroatoms. The summed E-state index contributed by atoms with van der Waals surface area (Å²) in [6.07, 6.45) is 4.51. The third kappa shape index (κ3) is 8.09. The number of imidazole rings is 1. The number of hydrogen-bond donors (Lipinski definition) is 0. The average Bonchev–Trinajstić information content (AvgIpc) is 3.13. The van der Waals surface area contributed by atoms with Crippen LogP contribution in [0.25, 0.3) is 0 Å². The molecule has 0 spiro atoms. The highest BCUT2D eigenvalue weighted by atomic mass is 35.5. The maximum atomic E-state index is 9.47. The molecule has 1 aromatic heterocycles. The number of azo groups is 2. The first kappa shape index (κ1) is 28.8. The largest absolute Gasteiger partial charge is 0.707 e. The molecule has 3 aromatic rings. The smallest absolute Gasteiger partial charge is 0.421 e. The second kappa shape index (κ2) is 12.5. The summed E-state index contributed by atoms with van der Waals surface area (Å²) in [5.74, 6) is 1.28. The molecule has 3 rings (SSSR count). The molecule has 0 saturated heterocycles. The highest BCUT2D eigenvalue weighted by Gasteiger charge is 2.13. The fourth-order valence-corrected chi connectivity index (χ4v) is 3.21. The number of halogens is 1. The van der Waals surface area contributed by atoms with Gasteiger partial charge >= 0.3 is 5.95 Å². The zero-order valence-electron chi connectivity index (χ0n) is 21.0. The molecule has 194 valence electrons. The number of methoxy groups -OCH3 is 1. The fourth-order valence-electron chi connectivity index (χ4n) is 2.87. The number of aryl methyl sites for hydroxylation is 3. The lowest BCUT2D eigenvalue weighted by Gasteiger charge is -2.14. The quantitative estimate of drug-likeness (QED) is 0.193. The van der Waals surface area contributed by atoms with E-state index in [2.05, 4.69) is 24.8 Å². The molecule has 2 aromatic carbocycles. The predicted molar refractivity (Wildman–Crippen MR) is 134 cm³/mol. The molecule has 0 saturated carbocycles. The number of ether oxygens (including phenoxy) is 1. The minimum Gasteiger partial charge on any atom is -0.707 e. The average molecular weight is 538 g/mol. The van der Waals surface area contributed by atoms with Crippen molar-refractivity contribution >= 4 is 50.4 Å². The van der Waals surface area contributed by atoms with Gasteiger partial charge in [0.1, 0.15) is 11.4 Å². The predicted octanol–water partition coefficient (Wildman–Crippen LogP) is 3.95. The SMILES string of the molecule is COc1cc(N=Nc2ccc(N(C)C)c(Cl)c2)c(C)cc1N=Nc1n(C)cc[n+]1C.CS(=O)(=O)O[O-]. The number of hydrogen-bond acceptors (Lipinski definition) is 10. The van der Waals surface area contributed by atoms with E-state index >= 15 is 0 Å². The summed E-state index contributed by atoms with van der Waals surface area (Å²) < 4.78 is 30.9. The molecule has 0 radical (unpaired) electrons. The van der Waals surface area contributed by atoms with Crippen LogP contribution in [0.2, 0.25) is 5.02 Å². The Kier molecular flexibility index (Phi) is 10.0. The van der Waals surface area contributed by atoms with Crippen molar-refractivity contribution < 1.29 is 27.3 Å². The first-order valence-electron chi connectivity index (χ1n) is 10.4. The lowest BCUT2D eigenvalue weighted by Crippen LogP contribution is -2.25. The van der Waals surface area contributed by atoms with Crippen molar-refractivity contribution in [2.45, 2.75) is 6.92 Å². The van der Waals surface area contributed by atoms with Gasteiger partial charge in [-0.25, -0.2) is 17.6 Å². The topological polar surface area (TPSA) is 137 Å². The van der Waals surface area contributed by atoms with Crippen LogP contribution >= 0.6 is 11.6 Å². The molecule has 0 amide bonds. The molecule has 0 aliphatic rings. The summed E-state index contributed by atoms with van der Waals surface area (Å²) in [4.78, 5) is 1.95. The van der Waals surface area contributed by atoms with Crippen LogP contribution in [0.4, 0.5) is 28.7 Å². The highest BCUT2D eigenvalue weighted by molar-refractivity contribution is 7.85. The van der Waals surface area contributed by atoms with E-state index < -0.39 is 10.1 Å². The Balaban J connectivity index is 0.000000678. The molecule has 0 bridgehead atoms. The van der Waals surface area contributed by atoms with Gasteiger partial charge in [0.2, 0.25) is 0 Å². The van der Waals surface area contributed by atoms with E-state index in [4.69, 9.17) is 21.6 Å². The molecule has 0 aliphatic carbocycles. The Labute approximate surface area is 215 Å². The van der Waals surface area contributed by atoms with Gasteiger partial charge in [-0.3, -0.25) is 0 Å². The van der Waals surface area contributed by atoms with Gasteiger partial charge in [0.15, 0.2) is 0 Å². The van der Waals surface area contributed by atoms with Crippen molar-refractivity contribution in [1.82, 2.24) is 4.57 Å². The molecule has 0 unspecified atom stereocenters. The van der Waals surface area contributed by atoms with E-state index in [-0.39, 0.29) is 0 Å². The summed E-state index contributed by atoms with van der Waals surface area (Å²) in [5.41, 5.74) is 3.80. The van der Waals surface area contributed by atoms with Crippen LogP contribution in [0, 0.1) is 6.92 Å². The first-order chi connectivity index (χ1) is 16.9. The molecule has 1 heterocycles. The summed E-state index contributed by atoms with van der Waals surface area (Å²) in [6, 6.07) is 9.25. The normalized spacial score (nSPS) is 11.6. The number of aromatic nitrogens is 2. The minimum absolute atomic E-state index is 0.566. The number of anilines is 1. The summed E-state index contributed by atoms with van der Waals surface area (Å²) in [6.45, 7) is 1.94. The van der Waals surface area contributed by atoms with Gasteiger partial charge in [-0.15, -0.1) is 0 Å². The van der Waals surface area contributed by atoms with Crippen LogP contribution in [0.15, 0.2) is 63.2 Å². The summed E-state index contributed by atoms with van der Waals surface area (Å²) in [5, 5.41) is 26.9. The zero-order valence-corrected chi connectivity index (χ0v) is 22.6. The fraction of sp³-hybridized carbons (Fsp3) is 0.318. The van der Waals surface area contributed by atoms with Gasteiger partial charge in [0.05, 0.1) is 61.9 Å². The van der Waals surface area contributed by atoms with Crippen molar-refractivity contribution in [3.05, 3.63) is 53.3 Å². The van der Waals surface area contributed by atoms with E-state index in [9.17, 15) is 8.42 Å². The van der Waals surface area contributed by atoms with Crippen molar-refractivity contribution in [3.63, 3.8) is 0 Å². The molecule has 0 aliphatic heterocycles. The Hall–Kier alpha value is -3.39. The standard InChI is InChI=1S/C21H25ClN7O.CH4O4S/c1-14-11-18(25-26-21-28(4)9-10-29(21)5)20(30-6)13-17(14)24-23-15-7-8-19(27(2)3)16(22)12-15;1-6(3,4)5-2/h7-13H,1-6H3;2H,1H3/q+1;/p-1. The van der Waals surface area contributed by atoms with Crippen LogP contribution in [0.5, 0.6) is 5.75 Å². The summed E-state index contributed by atoms with van der Waals surface area (Å²) in [7, 11) is 5.58. The third-order valence-electron chi connectivity index (χ3n) is 4.70. The van der Waals surface area contributed by atoms with Crippen molar-refractivity contribution in [2.75, 3.05) is 32.4 Å². The molecular weight excluding hydrogens is 510 g/mol. The van der Waals surface area contributed by atoms with Crippen molar-refractivity contribution in [2.24, 2.45) is 34.6 Å². The first-order valence-corrected chi connectivity index (χ1v) is 12.6. The van der Waals surface area contributed by atoms with E-state index in [0.717, 1.165) is 17.2 Å². The molecule has 36 heavy (non-hydrogen) atoms. The molecule has 0 fully saturated rings. The number of rotatable bonds is 7. The number of nitrogens with zero attached hydrogens (tertiary/aromatic N) is 7. The van der Waals surface area contributed by atoms with Gasteiger partial charge < -0.3 is 19.2 Å².